The van der Waals surface area contributed by atoms with Gasteiger partial charge in [0.25, 0.3) is 0 Å². The fourth-order valence-electron chi connectivity index (χ4n) is 2.97. The third-order valence-corrected chi connectivity index (χ3v) is 3.94. The maximum Gasteiger partial charge on any atom is 0.241 e. The molecule has 1 aliphatic heterocycles. The molecule has 4 heteroatoms. The third-order valence-electron chi connectivity index (χ3n) is 3.94. The predicted octanol–water partition coefficient (Wildman–Crippen LogP) is 3.13. The molecule has 0 spiro atoms. The average molecular weight is 278 g/mol. The van der Waals surface area contributed by atoms with Crippen LogP contribution in [-0.4, -0.2) is 29.9 Å². The van der Waals surface area contributed by atoms with Gasteiger partial charge in [-0.15, -0.1) is 0 Å². The lowest BCUT2D eigenvalue weighted by molar-refractivity contribution is -0.121. The van der Waals surface area contributed by atoms with Crippen molar-refractivity contribution < 1.29 is 9.18 Å². The van der Waals surface area contributed by atoms with Crippen molar-refractivity contribution in [3.8, 4) is 0 Å². The molecule has 0 bridgehead atoms. The van der Waals surface area contributed by atoms with E-state index in [2.05, 4.69) is 24.1 Å². The molecule has 110 valence electrons. The van der Waals surface area contributed by atoms with Crippen molar-refractivity contribution in [3.63, 3.8) is 0 Å². The molecule has 0 radical (unpaired) electrons. The number of carbonyl (C=O) groups excluding carboxylic acids is 1. The maximum absolute atomic E-state index is 12.8. The number of piperidine rings is 1. The van der Waals surface area contributed by atoms with Gasteiger partial charge in [0.05, 0.1) is 6.04 Å². The van der Waals surface area contributed by atoms with Crippen molar-refractivity contribution in [3.05, 3.63) is 30.1 Å². The minimum absolute atomic E-state index is 0.0297. The molecule has 3 nitrogen and oxygen atoms in total. The number of benzene rings is 1. The number of rotatable bonds is 3. The van der Waals surface area contributed by atoms with Gasteiger partial charge in [0.15, 0.2) is 0 Å². The summed E-state index contributed by atoms with van der Waals surface area (Å²) in [5.41, 5.74) is 0.640. The fourth-order valence-corrected chi connectivity index (χ4v) is 2.97. The summed E-state index contributed by atoms with van der Waals surface area (Å²) in [5, 5.41) is 2.85. The maximum atomic E-state index is 12.8. The fraction of sp³-hybridized carbons (Fsp3) is 0.562. The predicted molar refractivity (Wildman–Crippen MR) is 79.0 cm³/mol. The smallest absolute Gasteiger partial charge is 0.241 e. The van der Waals surface area contributed by atoms with E-state index in [9.17, 15) is 9.18 Å². The van der Waals surface area contributed by atoms with Gasteiger partial charge in [-0.25, -0.2) is 4.39 Å². The number of anilines is 1. The molecule has 1 amide bonds. The van der Waals surface area contributed by atoms with Crippen LogP contribution in [0.3, 0.4) is 0 Å². The van der Waals surface area contributed by atoms with Crippen molar-refractivity contribution in [2.24, 2.45) is 11.8 Å². The highest BCUT2D eigenvalue weighted by molar-refractivity contribution is 5.94. The van der Waals surface area contributed by atoms with Gasteiger partial charge >= 0.3 is 0 Å². The largest absolute Gasteiger partial charge is 0.325 e. The number of amides is 1. The molecule has 0 aliphatic carbocycles. The molecular formula is C16H23FN2O. The number of nitrogens with one attached hydrogen (secondary N) is 1. The van der Waals surface area contributed by atoms with Gasteiger partial charge in [0.1, 0.15) is 5.82 Å². The summed E-state index contributed by atoms with van der Waals surface area (Å²) >= 11 is 0. The lowest BCUT2D eigenvalue weighted by Gasteiger charge is -2.38. The second kappa shape index (κ2) is 6.35. The van der Waals surface area contributed by atoms with Crippen LogP contribution in [0.2, 0.25) is 0 Å². The Hall–Kier alpha value is -1.42. The number of likely N-dealkylation sites (tertiary alicyclic amines) is 1. The van der Waals surface area contributed by atoms with Crippen LogP contribution in [0, 0.1) is 17.7 Å². The van der Waals surface area contributed by atoms with E-state index in [0.29, 0.717) is 17.5 Å². The SMILES string of the molecule is C[C@@H]1C[C@H](C)CN([C@@H](C)C(=O)Nc2ccc(F)cc2)C1. The van der Waals surface area contributed by atoms with E-state index >= 15 is 0 Å². The number of hydrogen-bond acceptors (Lipinski definition) is 2. The van der Waals surface area contributed by atoms with Crippen molar-refractivity contribution in [1.29, 1.82) is 0 Å². The molecule has 1 aromatic carbocycles. The normalized spacial score (nSPS) is 25.2. The second-order valence-corrected chi connectivity index (χ2v) is 6.07. The molecular weight excluding hydrogens is 255 g/mol. The third kappa shape index (κ3) is 3.79. The zero-order valence-electron chi connectivity index (χ0n) is 12.4. The van der Waals surface area contributed by atoms with Crippen LogP contribution < -0.4 is 5.32 Å². The van der Waals surface area contributed by atoms with Crippen LogP contribution in [0.1, 0.15) is 27.2 Å². The van der Waals surface area contributed by atoms with Crippen molar-refractivity contribution in [2.75, 3.05) is 18.4 Å². The van der Waals surface area contributed by atoms with Crippen LogP contribution in [0.5, 0.6) is 0 Å². The van der Waals surface area contributed by atoms with Crippen LogP contribution in [-0.2, 0) is 4.79 Å². The van der Waals surface area contributed by atoms with Crippen LogP contribution in [0.4, 0.5) is 10.1 Å². The van der Waals surface area contributed by atoms with Gasteiger partial charge in [-0.05, 0) is 49.4 Å². The van der Waals surface area contributed by atoms with Gasteiger partial charge in [-0.2, -0.15) is 0 Å². The van der Waals surface area contributed by atoms with Crippen molar-refractivity contribution in [1.82, 2.24) is 4.90 Å². The second-order valence-electron chi connectivity index (χ2n) is 6.07. The molecule has 20 heavy (non-hydrogen) atoms. The zero-order valence-corrected chi connectivity index (χ0v) is 12.4. The highest BCUT2D eigenvalue weighted by atomic mass is 19.1. The summed E-state index contributed by atoms with van der Waals surface area (Å²) < 4.78 is 12.8. The number of halogens is 1. The number of carbonyl (C=O) groups is 1. The first-order valence-electron chi connectivity index (χ1n) is 7.26. The van der Waals surface area contributed by atoms with Crippen LogP contribution in [0.25, 0.3) is 0 Å². The standard InChI is InChI=1S/C16H23FN2O/c1-11-8-12(2)10-19(9-11)13(3)16(20)18-15-6-4-14(17)5-7-15/h4-7,11-13H,8-10H2,1-3H3,(H,18,20)/t11-,12+,13-/m0/s1. The Morgan fingerprint density at radius 2 is 1.80 bits per heavy atom. The lowest BCUT2D eigenvalue weighted by atomic mass is 9.91. The summed E-state index contributed by atoms with van der Waals surface area (Å²) in [7, 11) is 0. The summed E-state index contributed by atoms with van der Waals surface area (Å²) in [6, 6.07) is 5.71. The average Bonchev–Trinajstić information content (AvgIpc) is 2.39. The summed E-state index contributed by atoms with van der Waals surface area (Å²) in [6.45, 7) is 8.31. The molecule has 1 aromatic rings. The first-order chi connectivity index (χ1) is 9.45. The Labute approximate surface area is 120 Å². The first kappa shape index (κ1) is 15.0. The molecule has 1 saturated heterocycles. The molecule has 1 fully saturated rings. The Morgan fingerprint density at radius 3 is 2.35 bits per heavy atom. The minimum atomic E-state index is -0.297. The zero-order chi connectivity index (χ0) is 14.7. The highest BCUT2D eigenvalue weighted by Gasteiger charge is 2.28. The molecule has 0 aromatic heterocycles. The molecule has 2 rings (SSSR count). The monoisotopic (exact) mass is 278 g/mol. The number of hydrogen-bond donors (Lipinski definition) is 1. The van der Waals surface area contributed by atoms with Gasteiger partial charge in [-0.3, -0.25) is 9.69 Å². The van der Waals surface area contributed by atoms with Gasteiger partial charge in [0.2, 0.25) is 5.91 Å². The van der Waals surface area contributed by atoms with E-state index < -0.39 is 0 Å². The van der Waals surface area contributed by atoms with E-state index in [4.69, 9.17) is 0 Å². The Morgan fingerprint density at radius 1 is 1.25 bits per heavy atom. The highest BCUT2D eigenvalue weighted by Crippen LogP contribution is 2.23. The Balaban J connectivity index is 1.96. The van der Waals surface area contributed by atoms with Gasteiger partial charge in [0, 0.05) is 18.8 Å². The van der Waals surface area contributed by atoms with E-state index in [1.165, 1.54) is 18.6 Å². The molecule has 1 N–H and O–H groups in total. The summed E-state index contributed by atoms with van der Waals surface area (Å²) in [4.78, 5) is 14.5. The minimum Gasteiger partial charge on any atom is -0.325 e. The molecule has 1 heterocycles. The summed E-state index contributed by atoms with van der Waals surface area (Å²) in [6.07, 6.45) is 1.23. The summed E-state index contributed by atoms with van der Waals surface area (Å²) in [5.74, 6) is 0.923. The van der Waals surface area contributed by atoms with E-state index in [1.54, 1.807) is 12.1 Å². The lowest BCUT2D eigenvalue weighted by Crippen LogP contribution is -2.48. The van der Waals surface area contributed by atoms with E-state index in [0.717, 1.165) is 13.1 Å². The Kier molecular flexibility index (Phi) is 4.76. The van der Waals surface area contributed by atoms with E-state index in [1.807, 2.05) is 6.92 Å². The Bertz CT molecular complexity index is 450. The molecule has 3 atom stereocenters. The van der Waals surface area contributed by atoms with E-state index in [-0.39, 0.29) is 17.8 Å². The molecule has 0 unspecified atom stereocenters. The molecule has 1 aliphatic rings. The topological polar surface area (TPSA) is 32.3 Å². The van der Waals surface area contributed by atoms with Crippen molar-refractivity contribution >= 4 is 11.6 Å². The molecule has 0 saturated carbocycles. The van der Waals surface area contributed by atoms with Crippen LogP contribution >= 0.6 is 0 Å². The first-order valence-corrected chi connectivity index (χ1v) is 7.26. The van der Waals surface area contributed by atoms with Gasteiger partial charge < -0.3 is 5.32 Å². The van der Waals surface area contributed by atoms with Crippen molar-refractivity contribution in [2.45, 2.75) is 33.2 Å². The number of nitrogens with zero attached hydrogens (tertiary/aromatic N) is 1. The van der Waals surface area contributed by atoms with Crippen LogP contribution in [0.15, 0.2) is 24.3 Å². The quantitative estimate of drug-likeness (QED) is 0.921. The van der Waals surface area contributed by atoms with Gasteiger partial charge in [-0.1, -0.05) is 13.8 Å².